The lowest BCUT2D eigenvalue weighted by molar-refractivity contribution is 0.0583. The molecule has 1 aliphatic heterocycles. The SMILES string of the molecule is CC(N)C1CCCCN1C(=O)c1ccc(C(N)=O)nc1. The van der Waals surface area contributed by atoms with Gasteiger partial charge in [0.05, 0.1) is 5.56 Å². The third kappa shape index (κ3) is 2.96. The largest absolute Gasteiger partial charge is 0.364 e. The van der Waals surface area contributed by atoms with E-state index in [1.54, 1.807) is 6.07 Å². The zero-order valence-electron chi connectivity index (χ0n) is 11.6. The molecule has 2 heterocycles. The summed E-state index contributed by atoms with van der Waals surface area (Å²) in [5.74, 6) is -0.689. The molecule has 6 nitrogen and oxygen atoms in total. The number of hydrogen-bond acceptors (Lipinski definition) is 4. The number of rotatable bonds is 3. The molecule has 108 valence electrons. The molecule has 1 aliphatic rings. The summed E-state index contributed by atoms with van der Waals surface area (Å²) in [5.41, 5.74) is 11.7. The van der Waals surface area contributed by atoms with E-state index in [9.17, 15) is 9.59 Å². The molecule has 0 bridgehead atoms. The van der Waals surface area contributed by atoms with Crippen molar-refractivity contribution in [2.24, 2.45) is 11.5 Å². The Morgan fingerprint density at radius 2 is 2.15 bits per heavy atom. The maximum absolute atomic E-state index is 12.5. The van der Waals surface area contributed by atoms with Crippen LogP contribution < -0.4 is 11.5 Å². The number of amides is 2. The first-order chi connectivity index (χ1) is 9.50. The van der Waals surface area contributed by atoms with Crippen LogP contribution in [0.15, 0.2) is 18.3 Å². The first kappa shape index (κ1) is 14.5. The van der Waals surface area contributed by atoms with Crippen molar-refractivity contribution in [3.05, 3.63) is 29.6 Å². The lowest BCUT2D eigenvalue weighted by atomic mass is 9.96. The molecule has 1 aromatic rings. The molecule has 4 N–H and O–H groups in total. The molecule has 0 aliphatic carbocycles. The maximum Gasteiger partial charge on any atom is 0.267 e. The number of hydrogen-bond donors (Lipinski definition) is 2. The second-order valence-electron chi connectivity index (χ2n) is 5.22. The fraction of sp³-hybridized carbons (Fsp3) is 0.500. The van der Waals surface area contributed by atoms with Gasteiger partial charge in [0.25, 0.3) is 11.8 Å². The molecule has 6 heteroatoms. The summed E-state index contributed by atoms with van der Waals surface area (Å²) in [6, 6.07) is 3.06. The molecule has 1 saturated heterocycles. The second-order valence-corrected chi connectivity index (χ2v) is 5.22. The third-order valence-corrected chi connectivity index (χ3v) is 3.68. The molecule has 2 amide bonds. The Balaban J connectivity index is 2.18. The van der Waals surface area contributed by atoms with Crippen LogP contribution in [0.2, 0.25) is 0 Å². The van der Waals surface area contributed by atoms with Crippen molar-refractivity contribution in [1.82, 2.24) is 9.88 Å². The van der Waals surface area contributed by atoms with Crippen LogP contribution in [-0.2, 0) is 0 Å². The molecule has 0 saturated carbocycles. The van der Waals surface area contributed by atoms with Crippen molar-refractivity contribution < 1.29 is 9.59 Å². The van der Waals surface area contributed by atoms with Crippen molar-refractivity contribution in [2.45, 2.75) is 38.3 Å². The van der Waals surface area contributed by atoms with Crippen LogP contribution in [0.3, 0.4) is 0 Å². The van der Waals surface area contributed by atoms with Crippen LogP contribution >= 0.6 is 0 Å². The summed E-state index contributed by atoms with van der Waals surface area (Å²) in [7, 11) is 0. The number of carbonyl (C=O) groups is 2. The zero-order chi connectivity index (χ0) is 14.7. The molecule has 0 radical (unpaired) electrons. The van der Waals surface area contributed by atoms with E-state index in [1.165, 1.54) is 12.3 Å². The number of aromatic nitrogens is 1. The van der Waals surface area contributed by atoms with Crippen LogP contribution in [-0.4, -0.2) is 40.3 Å². The number of primary amides is 1. The van der Waals surface area contributed by atoms with E-state index in [4.69, 9.17) is 11.5 Å². The zero-order valence-corrected chi connectivity index (χ0v) is 11.6. The van der Waals surface area contributed by atoms with Gasteiger partial charge in [0.1, 0.15) is 5.69 Å². The highest BCUT2D eigenvalue weighted by molar-refractivity contribution is 5.96. The lowest BCUT2D eigenvalue weighted by Crippen LogP contribution is -2.51. The second kappa shape index (κ2) is 6.00. The summed E-state index contributed by atoms with van der Waals surface area (Å²) in [4.78, 5) is 29.2. The number of piperidine rings is 1. The van der Waals surface area contributed by atoms with Crippen LogP contribution in [0, 0.1) is 0 Å². The molecule has 2 rings (SSSR count). The van der Waals surface area contributed by atoms with Crippen molar-refractivity contribution in [1.29, 1.82) is 0 Å². The van der Waals surface area contributed by atoms with E-state index in [0.717, 1.165) is 19.3 Å². The van der Waals surface area contributed by atoms with E-state index >= 15 is 0 Å². The van der Waals surface area contributed by atoms with Crippen molar-refractivity contribution in [3.63, 3.8) is 0 Å². The fourth-order valence-corrected chi connectivity index (χ4v) is 2.59. The minimum Gasteiger partial charge on any atom is -0.364 e. The quantitative estimate of drug-likeness (QED) is 0.840. The molecule has 1 fully saturated rings. The fourth-order valence-electron chi connectivity index (χ4n) is 2.59. The molecular weight excluding hydrogens is 256 g/mol. The van der Waals surface area contributed by atoms with Crippen LogP contribution in [0.25, 0.3) is 0 Å². The number of nitrogens with two attached hydrogens (primary N) is 2. The van der Waals surface area contributed by atoms with E-state index in [-0.39, 0.29) is 23.7 Å². The van der Waals surface area contributed by atoms with Gasteiger partial charge >= 0.3 is 0 Å². The van der Waals surface area contributed by atoms with Crippen LogP contribution in [0.5, 0.6) is 0 Å². The highest BCUT2D eigenvalue weighted by atomic mass is 16.2. The summed E-state index contributed by atoms with van der Waals surface area (Å²) < 4.78 is 0. The smallest absolute Gasteiger partial charge is 0.267 e. The van der Waals surface area contributed by atoms with Gasteiger partial charge in [-0.2, -0.15) is 0 Å². The number of pyridine rings is 1. The van der Waals surface area contributed by atoms with Gasteiger partial charge in [-0.05, 0) is 38.3 Å². The van der Waals surface area contributed by atoms with E-state index in [1.807, 2.05) is 11.8 Å². The number of likely N-dealkylation sites (tertiary alicyclic amines) is 1. The van der Waals surface area contributed by atoms with E-state index in [0.29, 0.717) is 12.1 Å². The lowest BCUT2D eigenvalue weighted by Gasteiger charge is -2.38. The average molecular weight is 276 g/mol. The molecule has 2 atom stereocenters. The van der Waals surface area contributed by atoms with E-state index in [2.05, 4.69) is 4.98 Å². The van der Waals surface area contributed by atoms with Crippen molar-refractivity contribution >= 4 is 11.8 Å². The first-order valence-corrected chi connectivity index (χ1v) is 6.83. The minimum absolute atomic E-state index is 0.0582. The average Bonchev–Trinajstić information content (AvgIpc) is 2.46. The van der Waals surface area contributed by atoms with Crippen molar-refractivity contribution in [2.75, 3.05) is 6.54 Å². The van der Waals surface area contributed by atoms with Crippen LogP contribution in [0.4, 0.5) is 0 Å². The van der Waals surface area contributed by atoms with Gasteiger partial charge in [-0.25, -0.2) is 0 Å². The maximum atomic E-state index is 12.5. The van der Waals surface area contributed by atoms with E-state index < -0.39 is 5.91 Å². The Hall–Kier alpha value is -1.95. The number of carbonyl (C=O) groups excluding carboxylic acids is 2. The Morgan fingerprint density at radius 1 is 1.40 bits per heavy atom. The molecule has 0 spiro atoms. The summed E-state index contributed by atoms with van der Waals surface area (Å²) in [6.45, 7) is 2.63. The van der Waals surface area contributed by atoms with Gasteiger partial charge in [0.2, 0.25) is 0 Å². The Kier molecular flexibility index (Phi) is 4.34. The minimum atomic E-state index is -0.601. The standard InChI is InChI=1S/C14H20N4O2/c1-9(15)12-4-2-3-7-18(12)14(20)10-5-6-11(13(16)19)17-8-10/h5-6,8-9,12H,2-4,7,15H2,1H3,(H2,16,19). The summed E-state index contributed by atoms with van der Waals surface area (Å²) >= 11 is 0. The molecule has 2 unspecified atom stereocenters. The molecular formula is C14H20N4O2. The predicted octanol–water partition coefficient (Wildman–Crippen LogP) is 0.522. The van der Waals surface area contributed by atoms with Gasteiger partial charge in [-0.1, -0.05) is 0 Å². The van der Waals surface area contributed by atoms with Gasteiger partial charge in [-0.3, -0.25) is 14.6 Å². The van der Waals surface area contributed by atoms with Gasteiger partial charge in [-0.15, -0.1) is 0 Å². The monoisotopic (exact) mass is 276 g/mol. The molecule has 20 heavy (non-hydrogen) atoms. The Morgan fingerprint density at radius 3 is 2.70 bits per heavy atom. The highest BCUT2D eigenvalue weighted by Crippen LogP contribution is 2.21. The summed E-state index contributed by atoms with van der Waals surface area (Å²) in [5, 5.41) is 0. The van der Waals surface area contributed by atoms with Gasteiger partial charge in [0.15, 0.2) is 0 Å². The van der Waals surface area contributed by atoms with Gasteiger partial charge in [0, 0.05) is 24.8 Å². The third-order valence-electron chi connectivity index (χ3n) is 3.68. The van der Waals surface area contributed by atoms with Gasteiger partial charge < -0.3 is 16.4 Å². The molecule has 0 aromatic carbocycles. The molecule has 1 aromatic heterocycles. The Bertz CT molecular complexity index is 498. The Labute approximate surface area is 118 Å². The first-order valence-electron chi connectivity index (χ1n) is 6.83. The predicted molar refractivity (Wildman–Crippen MR) is 75.1 cm³/mol. The summed E-state index contributed by atoms with van der Waals surface area (Å²) in [6.07, 6.45) is 4.40. The number of nitrogens with zero attached hydrogens (tertiary/aromatic N) is 2. The van der Waals surface area contributed by atoms with Crippen LogP contribution in [0.1, 0.15) is 47.0 Å². The topological polar surface area (TPSA) is 102 Å². The normalized spacial score (nSPS) is 20.5. The highest BCUT2D eigenvalue weighted by Gasteiger charge is 2.29. The van der Waals surface area contributed by atoms with Crippen molar-refractivity contribution in [3.8, 4) is 0 Å².